The van der Waals surface area contributed by atoms with Gasteiger partial charge in [0.05, 0.1) is 12.5 Å². The van der Waals surface area contributed by atoms with Crippen LogP contribution in [0.25, 0.3) is 0 Å². The quantitative estimate of drug-likeness (QED) is 0.0751. The Morgan fingerprint density at radius 3 is 1.03 bits per heavy atom. The summed E-state index contributed by atoms with van der Waals surface area (Å²) in [6, 6.07) is 0. The second-order valence-corrected chi connectivity index (χ2v) is 11.6. The number of rotatable bonds is 28. The zero-order valence-electron chi connectivity index (χ0n) is 26.7. The fourth-order valence-electron chi connectivity index (χ4n) is 4.81. The van der Waals surface area contributed by atoms with Gasteiger partial charge < -0.3 is 4.74 Å². The molecule has 0 N–H and O–H groups in total. The van der Waals surface area contributed by atoms with E-state index in [0.29, 0.717) is 6.61 Å². The first kappa shape index (κ1) is 38.6. The van der Waals surface area contributed by atoms with Crippen LogP contribution in [0.15, 0.2) is 0 Å². The van der Waals surface area contributed by atoms with Gasteiger partial charge >= 0.3 is 5.97 Å². The van der Waals surface area contributed by atoms with Gasteiger partial charge in [-0.2, -0.15) is 0 Å². The molecule has 0 aromatic heterocycles. The molecule has 0 saturated carbocycles. The molecule has 0 aliphatic carbocycles. The summed E-state index contributed by atoms with van der Waals surface area (Å²) in [5.41, 5.74) is 0. The van der Waals surface area contributed by atoms with Crippen molar-refractivity contribution >= 4 is 5.97 Å². The van der Waals surface area contributed by atoms with Crippen molar-refractivity contribution in [1.82, 2.24) is 0 Å². The lowest BCUT2D eigenvalue weighted by molar-refractivity contribution is -0.148. The van der Waals surface area contributed by atoms with Crippen LogP contribution in [0.2, 0.25) is 0 Å². The number of esters is 1. The third-order valence-electron chi connectivity index (χ3n) is 7.59. The molecule has 0 radical (unpaired) electrons. The summed E-state index contributed by atoms with van der Waals surface area (Å²) in [5.74, 6) is 0.0923. The molecule has 2 nitrogen and oxygen atoms in total. The van der Waals surface area contributed by atoms with Crippen LogP contribution in [0.3, 0.4) is 0 Å². The Bertz CT molecular complexity index is 398. The van der Waals surface area contributed by atoms with Crippen LogP contribution in [0.4, 0.5) is 0 Å². The lowest BCUT2D eigenvalue weighted by atomic mass is 10.0. The van der Waals surface area contributed by atoms with Gasteiger partial charge in [0.25, 0.3) is 0 Å². The smallest absolute Gasteiger partial charge is 0.308 e. The number of carbonyl (C=O) groups excluding carboxylic acids is 1. The molecule has 0 aromatic rings. The van der Waals surface area contributed by atoms with E-state index in [1.165, 1.54) is 154 Å². The Balaban J connectivity index is 0. The molecule has 0 aliphatic heterocycles. The maximum Gasteiger partial charge on any atom is 0.308 e. The maximum absolute atomic E-state index is 11.9. The summed E-state index contributed by atoms with van der Waals surface area (Å²) < 4.78 is 5.43. The van der Waals surface area contributed by atoms with Crippen LogP contribution >= 0.6 is 0 Å². The van der Waals surface area contributed by atoms with Gasteiger partial charge in [0.15, 0.2) is 0 Å². The van der Waals surface area contributed by atoms with Gasteiger partial charge in [0.1, 0.15) is 0 Å². The molecule has 0 aliphatic rings. The maximum atomic E-state index is 11.9. The monoisotopic (exact) mass is 525 g/mol. The molecule has 1 atom stereocenters. The number of ether oxygens (including phenoxy) is 1. The minimum Gasteiger partial charge on any atom is -0.465 e. The molecule has 0 saturated heterocycles. The van der Waals surface area contributed by atoms with Gasteiger partial charge in [-0.1, -0.05) is 195 Å². The van der Waals surface area contributed by atoms with Crippen LogP contribution in [0.5, 0.6) is 0 Å². The molecule has 224 valence electrons. The first-order valence-electron chi connectivity index (χ1n) is 17.3. The third kappa shape index (κ3) is 35.5. The van der Waals surface area contributed by atoms with E-state index in [1.807, 2.05) is 6.92 Å². The minimum absolute atomic E-state index is 0.0150. The Morgan fingerprint density at radius 2 is 0.703 bits per heavy atom. The lowest BCUT2D eigenvalue weighted by Gasteiger charge is -2.11. The highest BCUT2D eigenvalue weighted by molar-refractivity contribution is 5.71. The van der Waals surface area contributed by atoms with E-state index in [2.05, 4.69) is 27.7 Å². The van der Waals surface area contributed by atoms with Crippen molar-refractivity contribution in [3.63, 3.8) is 0 Å². The zero-order chi connectivity index (χ0) is 27.7. The molecule has 0 aromatic carbocycles. The summed E-state index contributed by atoms with van der Waals surface area (Å²) >= 11 is 0. The molecule has 1 unspecified atom stereocenters. The highest BCUT2D eigenvalue weighted by Gasteiger charge is 2.13. The van der Waals surface area contributed by atoms with Gasteiger partial charge in [-0.05, 0) is 12.8 Å². The summed E-state index contributed by atoms with van der Waals surface area (Å²) in [6.07, 6.45) is 36.4. The van der Waals surface area contributed by atoms with E-state index in [-0.39, 0.29) is 11.9 Å². The first-order chi connectivity index (χ1) is 18.1. The van der Waals surface area contributed by atoms with Crippen LogP contribution in [-0.2, 0) is 9.53 Å². The van der Waals surface area contributed by atoms with Crippen molar-refractivity contribution in [3.05, 3.63) is 0 Å². The first-order valence-corrected chi connectivity index (χ1v) is 17.3. The molecule has 0 spiro atoms. The predicted molar refractivity (Wildman–Crippen MR) is 167 cm³/mol. The molecule has 37 heavy (non-hydrogen) atoms. The van der Waals surface area contributed by atoms with Crippen molar-refractivity contribution in [2.75, 3.05) is 6.61 Å². The van der Waals surface area contributed by atoms with Gasteiger partial charge in [0.2, 0.25) is 0 Å². The van der Waals surface area contributed by atoms with Crippen molar-refractivity contribution in [2.45, 2.75) is 208 Å². The highest BCUT2D eigenvalue weighted by Crippen LogP contribution is 2.14. The number of hydrogen-bond acceptors (Lipinski definition) is 2. The van der Waals surface area contributed by atoms with Crippen molar-refractivity contribution < 1.29 is 9.53 Å². The van der Waals surface area contributed by atoms with E-state index < -0.39 is 0 Å². The standard InChI is InChI=1S/C25H50O2.C10H22/c1-4-6-8-10-11-12-13-14-15-16-17-18-19-21-23-27-25(26)24(3)22-20-9-7-5-2;1-3-5-7-9-10-8-6-4-2/h24H,4-23H2,1-3H3;3-10H2,1-2H3. The summed E-state index contributed by atoms with van der Waals surface area (Å²) in [7, 11) is 0. The molecule has 0 heterocycles. The Hall–Kier alpha value is -0.530. The van der Waals surface area contributed by atoms with Crippen molar-refractivity contribution in [3.8, 4) is 0 Å². The highest BCUT2D eigenvalue weighted by atomic mass is 16.5. The van der Waals surface area contributed by atoms with Gasteiger partial charge in [0, 0.05) is 0 Å². The van der Waals surface area contributed by atoms with Gasteiger partial charge in [-0.25, -0.2) is 0 Å². The van der Waals surface area contributed by atoms with E-state index >= 15 is 0 Å². The molecular formula is C35H72O2. The van der Waals surface area contributed by atoms with Crippen molar-refractivity contribution in [2.24, 2.45) is 5.92 Å². The van der Waals surface area contributed by atoms with Gasteiger partial charge in [-0.15, -0.1) is 0 Å². The number of hydrogen-bond donors (Lipinski definition) is 0. The average molecular weight is 525 g/mol. The van der Waals surface area contributed by atoms with Crippen LogP contribution < -0.4 is 0 Å². The molecular weight excluding hydrogens is 452 g/mol. The average Bonchev–Trinajstić information content (AvgIpc) is 2.91. The fraction of sp³-hybridized carbons (Fsp3) is 0.971. The summed E-state index contributed by atoms with van der Waals surface area (Å²) in [6.45, 7) is 11.7. The fourth-order valence-corrected chi connectivity index (χ4v) is 4.81. The molecule has 0 fully saturated rings. The predicted octanol–water partition coefficient (Wildman–Crippen LogP) is 12.8. The van der Waals surface area contributed by atoms with E-state index in [0.717, 1.165) is 19.3 Å². The van der Waals surface area contributed by atoms with E-state index in [1.54, 1.807) is 0 Å². The normalized spacial score (nSPS) is 11.7. The third-order valence-corrected chi connectivity index (χ3v) is 7.59. The van der Waals surface area contributed by atoms with Crippen LogP contribution in [0.1, 0.15) is 208 Å². The molecule has 0 amide bonds. The Morgan fingerprint density at radius 1 is 0.432 bits per heavy atom. The van der Waals surface area contributed by atoms with E-state index in [9.17, 15) is 4.79 Å². The van der Waals surface area contributed by atoms with Crippen LogP contribution in [-0.4, -0.2) is 12.6 Å². The second kappa shape index (κ2) is 35.5. The molecule has 2 heteroatoms. The summed E-state index contributed by atoms with van der Waals surface area (Å²) in [4.78, 5) is 11.9. The SMILES string of the molecule is CCCCCCCCCC.CCCCCCCCCCCCCCCCOC(=O)C(C)CCCCCC. The Labute approximate surface area is 235 Å². The minimum atomic E-state index is 0.0150. The van der Waals surface area contributed by atoms with Gasteiger partial charge in [-0.3, -0.25) is 4.79 Å². The second-order valence-electron chi connectivity index (χ2n) is 11.6. The molecule has 0 bridgehead atoms. The molecule has 0 rings (SSSR count). The largest absolute Gasteiger partial charge is 0.465 e. The van der Waals surface area contributed by atoms with Crippen molar-refractivity contribution in [1.29, 1.82) is 0 Å². The topological polar surface area (TPSA) is 26.3 Å². The Kier molecular flexibility index (Phi) is 37.0. The summed E-state index contributed by atoms with van der Waals surface area (Å²) in [5, 5.41) is 0. The number of unbranched alkanes of at least 4 members (excludes halogenated alkanes) is 23. The number of carbonyl (C=O) groups is 1. The van der Waals surface area contributed by atoms with Crippen LogP contribution in [0, 0.1) is 5.92 Å². The van der Waals surface area contributed by atoms with E-state index in [4.69, 9.17) is 4.74 Å². The zero-order valence-corrected chi connectivity index (χ0v) is 26.7. The lowest BCUT2D eigenvalue weighted by Crippen LogP contribution is -2.15.